The number of aromatic nitrogens is 1. The highest BCUT2D eigenvalue weighted by molar-refractivity contribution is 5.80. The Kier molecular flexibility index (Phi) is 8.97. The summed E-state index contributed by atoms with van der Waals surface area (Å²) in [6.45, 7) is 6.06. The van der Waals surface area contributed by atoms with Crippen LogP contribution in [0.1, 0.15) is 51.5 Å². The Balaban J connectivity index is 1.64. The van der Waals surface area contributed by atoms with Gasteiger partial charge in [-0.1, -0.05) is 13.0 Å². The average molecular weight is 427 g/mol. The normalized spacial score (nSPS) is 19.0. The number of hydrogen-bond donors (Lipinski definition) is 3. The third-order valence-electron chi connectivity index (χ3n) is 5.15. The lowest BCUT2D eigenvalue weighted by Crippen LogP contribution is -2.45. The number of rotatable bonds is 9. The van der Waals surface area contributed by atoms with Crippen LogP contribution in [0.5, 0.6) is 17.4 Å². The van der Waals surface area contributed by atoms with Gasteiger partial charge in [-0.2, -0.15) is 0 Å². The summed E-state index contributed by atoms with van der Waals surface area (Å²) in [5, 5.41) is 16.5. The second-order valence-corrected chi connectivity index (χ2v) is 7.73. The molecule has 2 aromatic rings. The van der Waals surface area contributed by atoms with Gasteiger partial charge in [0.2, 0.25) is 5.88 Å². The average Bonchev–Trinajstić information content (AvgIpc) is 2.79. The van der Waals surface area contributed by atoms with Gasteiger partial charge in [0, 0.05) is 24.3 Å². The lowest BCUT2D eigenvalue weighted by atomic mass is 9.93. The van der Waals surface area contributed by atoms with E-state index in [1.54, 1.807) is 6.20 Å². The van der Waals surface area contributed by atoms with Crippen molar-refractivity contribution in [1.82, 2.24) is 15.6 Å². The molecule has 0 unspecified atom stereocenters. The second kappa shape index (κ2) is 12.2. The summed E-state index contributed by atoms with van der Waals surface area (Å²) < 4.78 is 11.6. The Hall–Kier alpha value is -2.80. The van der Waals surface area contributed by atoms with Gasteiger partial charge in [0.25, 0.3) is 0 Å². The van der Waals surface area contributed by atoms with Crippen LogP contribution in [0.2, 0.25) is 0 Å². The molecular weight excluding hydrogens is 392 g/mol. The third-order valence-corrected chi connectivity index (χ3v) is 5.15. The Morgan fingerprint density at radius 1 is 1.10 bits per heavy atom. The highest BCUT2D eigenvalue weighted by Gasteiger charge is 2.20. The molecule has 3 rings (SSSR count). The van der Waals surface area contributed by atoms with Crippen LogP contribution in [0.3, 0.4) is 0 Å². The smallest absolute Gasteiger partial charge is 0.224 e. The fourth-order valence-corrected chi connectivity index (χ4v) is 3.47. The van der Waals surface area contributed by atoms with Crippen molar-refractivity contribution < 1.29 is 14.6 Å². The number of hydrogen-bond acceptors (Lipinski definition) is 5. The van der Waals surface area contributed by atoms with Crippen molar-refractivity contribution in [3.63, 3.8) is 0 Å². The van der Waals surface area contributed by atoms with Crippen molar-refractivity contribution in [2.45, 2.75) is 64.6 Å². The van der Waals surface area contributed by atoms with E-state index in [2.05, 4.69) is 22.5 Å². The van der Waals surface area contributed by atoms with Crippen molar-refractivity contribution in [3.05, 3.63) is 48.2 Å². The van der Waals surface area contributed by atoms with E-state index >= 15 is 0 Å². The maximum atomic E-state index is 9.72. The number of nitrogens with zero attached hydrogens (tertiary/aromatic N) is 2. The molecule has 1 aliphatic rings. The van der Waals surface area contributed by atoms with Gasteiger partial charge in [-0.15, -0.1) is 0 Å². The standard InChI is InChI=1S/C24H34N4O3/c1-3-16-30-21-11-13-22(14-12-21)31-23-18(6-5-15-26-23)17-27-24(25-4-2)28-19-7-9-20(29)10-8-19/h5-6,11-15,19-20,29H,3-4,7-10,16-17H2,1-2H3,(H2,25,27,28). The Morgan fingerprint density at radius 2 is 1.84 bits per heavy atom. The molecule has 31 heavy (non-hydrogen) atoms. The molecule has 1 fully saturated rings. The molecule has 0 aliphatic heterocycles. The molecule has 1 aromatic carbocycles. The first-order valence-corrected chi connectivity index (χ1v) is 11.3. The minimum absolute atomic E-state index is 0.167. The molecule has 1 heterocycles. The first kappa shape index (κ1) is 22.9. The quantitative estimate of drug-likeness (QED) is 0.415. The summed E-state index contributed by atoms with van der Waals surface area (Å²) in [5.41, 5.74) is 0.907. The van der Waals surface area contributed by atoms with Gasteiger partial charge in [0.05, 0.1) is 19.3 Å². The van der Waals surface area contributed by atoms with Gasteiger partial charge < -0.3 is 25.2 Å². The highest BCUT2D eigenvalue weighted by Crippen LogP contribution is 2.25. The van der Waals surface area contributed by atoms with Crippen molar-refractivity contribution in [3.8, 4) is 17.4 Å². The number of pyridine rings is 1. The summed E-state index contributed by atoms with van der Waals surface area (Å²) >= 11 is 0. The van der Waals surface area contributed by atoms with Crippen molar-refractivity contribution in [2.24, 2.45) is 4.99 Å². The summed E-state index contributed by atoms with van der Waals surface area (Å²) in [5.74, 6) is 2.86. The number of ether oxygens (including phenoxy) is 2. The van der Waals surface area contributed by atoms with Crippen LogP contribution in [0.15, 0.2) is 47.6 Å². The van der Waals surface area contributed by atoms with Crippen LogP contribution in [-0.2, 0) is 6.54 Å². The monoisotopic (exact) mass is 426 g/mol. The number of guanidine groups is 1. The molecule has 1 aliphatic carbocycles. The van der Waals surface area contributed by atoms with Crippen LogP contribution in [0.25, 0.3) is 0 Å². The molecule has 1 aromatic heterocycles. The van der Waals surface area contributed by atoms with E-state index in [-0.39, 0.29) is 6.10 Å². The first-order valence-electron chi connectivity index (χ1n) is 11.3. The Labute approximate surface area is 184 Å². The molecule has 3 N–H and O–H groups in total. The number of nitrogens with one attached hydrogen (secondary N) is 2. The van der Waals surface area contributed by atoms with Gasteiger partial charge in [-0.3, -0.25) is 0 Å². The van der Waals surface area contributed by atoms with Crippen molar-refractivity contribution in [1.29, 1.82) is 0 Å². The molecule has 0 atom stereocenters. The van der Waals surface area contributed by atoms with E-state index in [4.69, 9.17) is 14.5 Å². The van der Waals surface area contributed by atoms with Gasteiger partial charge in [-0.25, -0.2) is 9.98 Å². The molecule has 0 radical (unpaired) electrons. The summed E-state index contributed by atoms with van der Waals surface area (Å²) in [6, 6.07) is 11.8. The fourth-order valence-electron chi connectivity index (χ4n) is 3.47. The topological polar surface area (TPSA) is 88.0 Å². The number of aliphatic hydroxyl groups is 1. The van der Waals surface area contributed by atoms with Crippen LogP contribution >= 0.6 is 0 Å². The summed E-state index contributed by atoms with van der Waals surface area (Å²) in [4.78, 5) is 9.14. The lowest BCUT2D eigenvalue weighted by Gasteiger charge is -2.27. The zero-order chi connectivity index (χ0) is 21.9. The first-order chi connectivity index (χ1) is 15.2. The molecule has 0 spiro atoms. The van der Waals surface area contributed by atoms with E-state index < -0.39 is 0 Å². The molecule has 0 saturated heterocycles. The van der Waals surface area contributed by atoms with Crippen LogP contribution < -0.4 is 20.1 Å². The number of aliphatic imine (C=N–C) groups is 1. The van der Waals surface area contributed by atoms with Crippen LogP contribution in [0, 0.1) is 0 Å². The van der Waals surface area contributed by atoms with E-state index in [1.807, 2.05) is 43.3 Å². The molecule has 7 nitrogen and oxygen atoms in total. The highest BCUT2D eigenvalue weighted by atomic mass is 16.5. The van der Waals surface area contributed by atoms with Crippen molar-refractivity contribution in [2.75, 3.05) is 13.2 Å². The summed E-state index contributed by atoms with van der Waals surface area (Å²) in [7, 11) is 0. The Morgan fingerprint density at radius 3 is 2.55 bits per heavy atom. The second-order valence-electron chi connectivity index (χ2n) is 7.73. The van der Waals surface area contributed by atoms with E-state index in [0.717, 1.165) is 55.9 Å². The van der Waals surface area contributed by atoms with E-state index in [1.165, 1.54) is 0 Å². The van der Waals surface area contributed by atoms with E-state index in [0.29, 0.717) is 30.8 Å². The van der Waals surface area contributed by atoms with Gasteiger partial charge in [0.1, 0.15) is 11.5 Å². The Bertz CT molecular complexity index is 818. The molecule has 0 amide bonds. The van der Waals surface area contributed by atoms with E-state index in [9.17, 15) is 5.11 Å². The fraction of sp³-hybridized carbons (Fsp3) is 0.500. The molecule has 168 valence electrons. The van der Waals surface area contributed by atoms with Crippen LogP contribution in [0.4, 0.5) is 0 Å². The van der Waals surface area contributed by atoms with Crippen molar-refractivity contribution >= 4 is 5.96 Å². The SMILES string of the molecule is CCCOc1ccc(Oc2ncccc2CN=C(NCC)NC2CCC(O)CC2)cc1. The molecule has 1 saturated carbocycles. The lowest BCUT2D eigenvalue weighted by molar-refractivity contribution is 0.120. The molecular formula is C24H34N4O3. The summed E-state index contributed by atoms with van der Waals surface area (Å²) in [6.07, 6.45) is 6.09. The van der Waals surface area contributed by atoms with Gasteiger partial charge >= 0.3 is 0 Å². The number of benzene rings is 1. The third kappa shape index (κ3) is 7.43. The molecule has 7 heteroatoms. The minimum atomic E-state index is -0.167. The maximum absolute atomic E-state index is 9.72. The minimum Gasteiger partial charge on any atom is -0.494 e. The van der Waals surface area contributed by atoms with Gasteiger partial charge in [-0.05, 0) is 69.4 Å². The largest absolute Gasteiger partial charge is 0.494 e. The van der Waals surface area contributed by atoms with Gasteiger partial charge in [0.15, 0.2) is 5.96 Å². The zero-order valence-electron chi connectivity index (χ0n) is 18.5. The predicted molar refractivity (Wildman–Crippen MR) is 123 cm³/mol. The number of aliphatic hydroxyl groups excluding tert-OH is 1. The maximum Gasteiger partial charge on any atom is 0.224 e. The van der Waals surface area contributed by atoms with Crippen LogP contribution in [-0.4, -0.2) is 41.3 Å². The zero-order valence-corrected chi connectivity index (χ0v) is 18.5. The molecule has 0 bridgehead atoms. The predicted octanol–water partition coefficient (Wildman–Crippen LogP) is 4.02.